The molecular weight excluding hydrogens is 345 g/mol. The van der Waals surface area contributed by atoms with Gasteiger partial charge in [-0.1, -0.05) is 38.1 Å². The van der Waals surface area contributed by atoms with Gasteiger partial charge in [0.1, 0.15) is 11.9 Å². The van der Waals surface area contributed by atoms with E-state index in [1.165, 1.54) is 17.7 Å². The molecule has 0 saturated heterocycles. The highest BCUT2D eigenvalue weighted by atomic mass is 19.1. The van der Waals surface area contributed by atoms with E-state index in [2.05, 4.69) is 24.1 Å². The monoisotopic (exact) mass is 367 g/mol. The minimum Gasteiger partial charge on any atom is -0.439 e. The Morgan fingerprint density at radius 1 is 1.11 bits per heavy atom. The van der Waals surface area contributed by atoms with Crippen LogP contribution in [-0.4, -0.2) is 15.6 Å². The second-order valence-electron chi connectivity index (χ2n) is 6.61. The van der Waals surface area contributed by atoms with E-state index in [0.29, 0.717) is 23.7 Å². The lowest BCUT2D eigenvalue weighted by Crippen LogP contribution is -2.20. The number of anilines is 1. The van der Waals surface area contributed by atoms with Crippen LogP contribution in [-0.2, 0) is 11.3 Å². The fourth-order valence-corrected chi connectivity index (χ4v) is 2.70. The number of nitrogens with zero attached hydrogens (tertiary/aromatic N) is 2. The van der Waals surface area contributed by atoms with Crippen LogP contribution in [0.2, 0.25) is 0 Å². The van der Waals surface area contributed by atoms with E-state index in [4.69, 9.17) is 4.74 Å². The van der Waals surface area contributed by atoms with E-state index < -0.39 is 12.2 Å². The summed E-state index contributed by atoms with van der Waals surface area (Å²) in [5, 5.41) is 2.74. The molecule has 1 aromatic heterocycles. The Bertz CT molecular complexity index is 859. The van der Waals surface area contributed by atoms with Crippen molar-refractivity contribution in [1.82, 2.24) is 9.55 Å². The summed E-state index contributed by atoms with van der Waals surface area (Å²) in [6.45, 7) is 4.60. The lowest BCUT2D eigenvalue weighted by atomic mass is 10.0. The van der Waals surface area contributed by atoms with Crippen LogP contribution in [0, 0.1) is 5.82 Å². The average molecular weight is 367 g/mol. The molecule has 0 unspecified atom stereocenters. The van der Waals surface area contributed by atoms with Crippen molar-refractivity contribution in [2.75, 3.05) is 5.32 Å². The van der Waals surface area contributed by atoms with Crippen LogP contribution in [0.15, 0.2) is 67.3 Å². The number of aromatic nitrogens is 2. The summed E-state index contributed by atoms with van der Waals surface area (Å²) in [7, 11) is 0. The van der Waals surface area contributed by atoms with Gasteiger partial charge in [0.15, 0.2) is 0 Å². The molecule has 1 amide bonds. The van der Waals surface area contributed by atoms with Gasteiger partial charge in [0.05, 0.1) is 12.9 Å². The Kier molecular flexibility index (Phi) is 5.86. The van der Waals surface area contributed by atoms with Crippen molar-refractivity contribution in [2.45, 2.75) is 32.4 Å². The number of amides is 1. The normalized spacial score (nSPS) is 12.0. The van der Waals surface area contributed by atoms with Crippen molar-refractivity contribution in [3.05, 3.63) is 84.2 Å². The van der Waals surface area contributed by atoms with Crippen molar-refractivity contribution in [2.24, 2.45) is 0 Å². The summed E-state index contributed by atoms with van der Waals surface area (Å²) in [6.07, 6.45) is 3.93. The summed E-state index contributed by atoms with van der Waals surface area (Å²) >= 11 is 0. The van der Waals surface area contributed by atoms with Crippen LogP contribution in [0.4, 0.5) is 14.9 Å². The molecule has 1 N–H and O–H groups in total. The summed E-state index contributed by atoms with van der Waals surface area (Å²) in [5.74, 6) is 0.0823. The molecule has 0 aliphatic heterocycles. The highest BCUT2D eigenvalue weighted by Crippen LogP contribution is 2.22. The lowest BCUT2D eigenvalue weighted by Gasteiger charge is -2.19. The van der Waals surface area contributed by atoms with E-state index in [1.807, 2.05) is 24.3 Å². The Hall–Kier alpha value is -3.15. The lowest BCUT2D eigenvalue weighted by molar-refractivity contribution is 0.0997. The molecule has 3 rings (SSSR count). The number of nitrogens with one attached hydrogen (secondary N) is 1. The maximum absolute atomic E-state index is 13.2. The highest BCUT2D eigenvalue weighted by molar-refractivity contribution is 5.84. The van der Waals surface area contributed by atoms with Crippen LogP contribution < -0.4 is 5.32 Å². The van der Waals surface area contributed by atoms with Crippen LogP contribution in [0.1, 0.15) is 37.0 Å². The minimum absolute atomic E-state index is 0.338. The molecule has 5 nitrogen and oxygen atoms in total. The van der Waals surface area contributed by atoms with Crippen molar-refractivity contribution < 1.29 is 13.9 Å². The first-order valence-corrected chi connectivity index (χ1v) is 8.80. The van der Waals surface area contributed by atoms with Gasteiger partial charge < -0.3 is 9.30 Å². The Morgan fingerprint density at radius 3 is 2.37 bits per heavy atom. The first kappa shape index (κ1) is 18.6. The maximum atomic E-state index is 13.2. The molecule has 0 bridgehead atoms. The van der Waals surface area contributed by atoms with Crippen LogP contribution in [0.25, 0.3) is 0 Å². The molecule has 140 valence electrons. The third-order valence-corrected chi connectivity index (χ3v) is 4.25. The molecule has 1 atom stereocenters. The minimum atomic E-state index is -0.574. The number of carbonyl (C=O) groups excluding carboxylic acids is 1. The number of imidazole rings is 1. The molecular formula is C21H22FN3O2. The van der Waals surface area contributed by atoms with Gasteiger partial charge in [-0.15, -0.1) is 0 Å². The fraction of sp³-hybridized carbons (Fsp3) is 0.238. The molecule has 0 radical (unpaired) electrons. The molecule has 0 saturated carbocycles. The molecule has 3 aromatic rings. The van der Waals surface area contributed by atoms with E-state index in [9.17, 15) is 9.18 Å². The summed E-state index contributed by atoms with van der Waals surface area (Å²) in [4.78, 5) is 16.4. The number of ether oxygens (including phenoxy) is 1. The first-order valence-electron chi connectivity index (χ1n) is 8.80. The van der Waals surface area contributed by atoms with E-state index in [-0.39, 0.29) is 5.82 Å². The maximum Gasteiger partial charge on any atom is 0.412 e. The standard InChI is InChI=1S/C21H22FN3O2/c1-15(2)16-5-9-19(10-6-16)24-21(26)27-20(13-25-12-11-23-14-25)17-3-7-18(22)8-4-17/h3-12,14-15,20H,13H2,1-2H3,(H,24,26)/t20-/m0/s1. The van der Waals surface area contributed by atoms with Gasteiger partial charge in [-0.05, 0) is 41.3 Å². The third-order valence-electron chi connectivity index (χ3n) is 4.25. The largest absolute Gasteiger partial charge is 0.439 e. The second kappa shape index (κ2) is 8.49. The van der Waals surface area contributed by atoms with Crippen LogP contribution >= 0.6 is 0 Å². The van der Waals surface area contributed by atoms with Crippen molar-refractivity contribution in [3.63, 3.8) is 0 Å². The molecule has 1 heterocycles. The van der Waals surface area contributed by atoms with Gasteiger partial charge in [0.2, 0.25) is 0 Å². The van der Waals surface area contributed by atoms with Crippen LogP contribution in [0.3, 0.4) is 0 Å². The number of carbonyl (C=O) groups is 1. The summed E-state index contributed by atoms with van der Waals surface area (Å²) < 4.78 is 20.6. The predicted octanol–water partition coefficient (Wildman–Crippen LogP) is 5.14. The molecule has 2 aromatic carbocycles. The summed E-state index contributed by atoms with van der Waals surface area (Å²) in [5.41, 5.74) is 2.55. The Balaban J connectivity index is 1.70. The Morgan fingerprint density at radius 2 is 1.78 bits per heavy atom. The van der Waals surface area contributed by atoms with E-state index in [1.54, 1.807) is 35.4 Å². The molecule has 0 fully saturated rings. The van der Waals surface area contributed by atoms with Gasteiger partial charge in [0, 0.05) is 18.1 Å². The second-order valence-corrected chi connectivity index (χ2v) is 6.61. The van der Waals surface area contributed by atoms with Crippen LogP contribution in [0.5, 0.6) is 0 Å². The van der Waals surface area contributed by atoms with E-state index >= 15 is 0 Å². The highest BCUT2D eigenvalue weighted by Gasteiger charge is 2.18. The quantitative estimate of drug-likeness (QED) is 0.657. The van der Waals surface area contributed by atoms with Gasteiger partial charge in [0.25, 0.3) is 0 Å². The topological polar surface area (TPSA) is 56.1 Å². The predicted molar refractivity (Wildman–Crippen MR) is 102 cm³/mol. The van der Waals surface area contributed by atoms with Gasteiger partial charge >= 0.3 is 6.09 Å². The zero-order chi connectivity index (χ0) is 19.2. The summed E-state index contributed by atoms with van der Waals surface area (Å²) in [6, 6.07) is 13.6. The van der Waals surface area contributed by atoms with Crippen molar-refractivity contribution in [1.29, 1.82) is 0 Å². The molecule has 27 heavy (non-hydrogen) atoms. The van der Waals surface area contributed by atoms with Crippen molar-refractivity contribution in [3.8, 4) is 0 Å². The SMILES string of the molecule is CC(C)c1ccc(NC(=O)O[C@@H](Cn2ccnc2)c2ccc(F)cc2)cc1. The zero-order valence-electron chi connectivity index (χ0n) is 15.3. The molecule has 6 heteroatoms. The fourth-order valence-electron chi connectivity index (χ4n) is 2.70. The number of halogens is 1. The molecule has 0 spiro atoms. The molecule has 0 aliphatic rings. The third kappa shape index (κ3) is 5.17. The van der Waals surface area contributed by atoms with Gasteiger partial charge in [-0.2, -0.15) is 0 Å². The number of benzene rings is 2. The zero-order valence-corrected chi connectivity index (χ0v) is 15.3. The Labute approximate surface area is 157 Å². The number of hydrogen-bond donors (Lipinski definition) is 1. The number of rotatable bonds is 6. The van der Waals surface area contributed by atoms with Crippen molar-refractivity contribution >= 4 is 11.8 Å². The molecule has 0 aliphatic carbocycles. The number of hydrogen-bond acceptors (Lipinski definition) is 3. The average Bonchev–Trinajstić information content (AvgIpc) is 3.15. The van der Waals surface area contributed by atoms with Gasteiger partial charge in [-0.3, -0.25) is 5.32 Å². The van der Waals surface area contributed by atoms with Gasteiger partial charge in [-0.25, -0.2) is 14.2 Å². The first-order chi connectivity index (χ1) is 13.0. The smallest absolute Gasteiger partial charge is 0.412 e. The van der Waals surface area contributed by atoms with E-state index in [0.717, 1.165) is 0 Å².